The maximum atomic E-state index is 12.3. The number of benzene rings is 1. The van der Waals surface area contributed by atoms with Gasteiger partial charge in [-0.3, -0.25) is 0 Å². The number of carbonyl (C=O) groups is 1. The van der Waals surface area contributed by atoms with Gasteiger partial charge in [-0.25, -0.2) is 4.79 Å². The first-order valence-electron chi connectivity index (χ1n) is 10.2. The minimum Gasteiger partial charge on any atom is -0.338 e. The van der Waals surface area contributed by atoms with E-state index in [9.17, 15) is 4.79 Å². The van der Waals surface area contributed by atoms with Crippen LogP contribution in [0, 0.1) is 11.3 Å². The molecule has 0 radical (unpaired) electrons. The second kappa shape index (κ2) is 9.96. The van der Waals surface area contributed by atoms with E-state index in [-0.39, 0.29) is 17.5 Å². The van der Waals surface area contributed by atoms with E-state index < -0.39 is 0 Å². The molecular formula is C22H37N3O. The molecule has 1 aliphatic rings. The second-order valence-corrected chi connectivity index (χ2v) is 8.84. The Balaban J connectivity index is 1.68. The van der Waals surface area contributed by atoms with Crippen molar-refractivity contribution >= 4 is 6.03 Å². The summed E-state index contributed by atoms with van der Waals surface area (Å²) in [5.41, 5.74) is 1.11. The van der Waals surface area contributed by atoms with Gasteiger partial charge in [0.1, 0.15) is 0 Å². The van der Waals surface area contributed by atoms with Gasteiger partial charge in [0.15, 0.2) is 0 Å². The Kier molecular flexibility index (Phi) is 7.95. The van der Waals surface area contributed by atoms with Crippen molar-refractivity contribution in [2.24, 2.45) is 11.3 Å². The molecule has 26 heavy (non-hydrogen) atoms. The fourth-order valence-corrected chi connectivity index (χ4v) is 3.58. The average Bonchev–Trinajstić information content (AvgIpc) is 2.61. The third kappa shape index (κ3) is 6.99. The Bertz CT molecular complexity index is 530. The molecule has 0 aromatic heterocycles. The highest BCUT2D eigenvalue weighted by molar-refractivity contribution is 5.74. The molecule has 1 unspecified atom stereocenters. The van der Waals surface area contributed by atoms with Crippen LogP contribution in [0.3, 0.4) is 0 Å². The highest BCUT2D eigenvalue weighted by Gasteiger charge is 2.27. The molecule has 2 amide bonds. The lowest BCUT2D eigenvalue weighted by atomic mass is 9.82. The van der Waals surface area contributed by atoms with E-state index in [1.165, 1.54) is 25.9 Å². The van der Waals surface area contributed by atoms with E-state index in [1.54, 1.807) is 0 Å². The van der Waals surface area contributed by atoms with Crippen molar-refractivity contribution in [2.75, 3.05) is 26.2 Å². The highest BCUT2D eigenvalue weighted by Crippen LogP contribution is 2.32. The van der Waals surface area contributed by atoms with Gasteiger partial charge in [-0.2, -0.15) is 0 Å². The van der Waals surface area contributed by atoms with Gasteiger partial charge in [0, 0.05) is 6.54 Å². The van der Waals surface area contributed by atoms with Crippen LogP contribution in [0.2, 0.25) is 0 Å². The minimum atomic E-state index is -0.0689. The van der Waals surface area contributed by atoms with Crippen LogP contribution in [0.15, 0.2) is 30.3 Å². The van der Waals surface area contributed by atoms with E-state index in [0.29, 0.717) is 0 Å². The number of urea groups is 1. The van der Waals surface area contributed by atoms with Crippen molar-refractivity contribution in [1.82, 2.24) is 15.5 Å². The topological polar surface area (TPSA) is 44.4 Å². The summed E-state index contributed by atoms with van der Waals surface area (Å²) in [5, 5.41) is 6.19. The number of rotatable bonds is 7. The predicted molar refractivity (Wildman–Crippen MR) is 109 cm³/mol. The third-order valence-electron chi connectivity index (χ3n) is 5.34. The van der Waals surface area contributed by atoms with Crippen LogP contribution in [0.25, 0.3) is 0 Å². The van der Waals surface area contributed by atoms with Crippen LogP contribution in [-0.2, 0) is 0 Å². The lowest BCUT2D eigenvalue weighted by Gasteiger charge is -2.32. The molecule has 1 atom stereocenters. The molecule has 1 aliphatic heterocycles. The predicted octanol–water partition coefficient (Wildman–Crippen LogP) is 4.59. The summed E-state index contributed by atoms with van der Waals surface area (Å²) in [6, 6.07) is 10.1. The second-order valence-electron chi connectivity index (χ2n) is 8.84. The monoisotopic (exact) mass is 359 g/mol. The summed E-state index contributed by atoms with van der Waals surface area (Å²) in [7, 11) is 0. The number of piperidine rings is 1. The van der Waals surface area contributed by atoms with Crippen molar-refractivity contribution in [2.45, 2.75) is 59.4 Å². The van der Waals surface area contributed by atoms with Gasteiger partial charge in [-0.15, -0.1) is 0 Å². The van der Waals surface area contributed by atoms with E-state index in [1.807, 2.05) is 18.2 Å². The van der Waals surface area contributed by atoms with Crippen molar-refractivity contribution in [3.05, 3.63) is 35.9 Å². The molecule has 1 aromatic carbocycles. The molecule has 2 N–H and O–H groups in total. The molecule has 1 heterocycles. The minimum absolute atomic E-state index is 0.000889. The largest absolute Gasteiger partial charge is 0.338 e. The first kappa shape index (κ1) is 20.8. The molecule has 146 valence electrons. The Labute approximate surface area is 159 Å². The number of carbonyl (C=O) groups excluding carboxylic acids is 1. The van der Waals surface area contributed by atoms with E-state index in [2.05, 4.69) is 55.4 Å². The van der Waals surface area contributed by atoms with Crippen molar-refractivity contribution in [3.8, 4) is 0 Å². The molecule has 0 spiro atoms. The summed E-state index contributed by atoms with van der Waals surface area (Å²) in [4.78, 5) is 14.9. The summed E-state index contributed by atoms with van der Waals surface area (Å²) < 4.78 is 0. The molecule has 1 saturated heterocycles. The highest BCUT2D eigenvalue weighted by atomic mass is 16.2. The van der Waals surface area contributed by atoms with Crippen LogP contribution >= 0.6 is 0 Å². The number of hydrogen-bond donors (Lipinski definition) is 2. The van der Waals surface area contributed by atoms with Gasteiger partial charge >= 0.3 is 6.03 Å². The first-order valence-corrected chi connectivity index (χ1v) is 10.2. The number of nitrogens with zero attached hydrogens (tertiary/aromatic N) is 1. The van der Waals surface area contributed by atoms with Gasteiger partial charge in [0.2, 0.25) is 0 Å². The van der Waals surface area contributed by atoms with Crippen LogP contribution in [-0.4, -0.2) is 37.1 Å². The van der Waals surface area contributed by atoms with E-state index >= 15 is 0 Å². The average molecular weight is 360 g/mol. The van der Waals surface area contributed by atoms with Crippen molar-refractivity contribution < 1.29 is 4.79 Å². The number of unbranched alkanes of at least 4 members (excludes halogenated alkanes) is 1. The molecule has 1 aromatic rings. The normalized spacial score (nSPS) is 17.7. The van der Waals surface area contributed by atoms with E-state index in [4.69, 9.17) is 0 Å². The Hall–Kier alpha value is -1.55. The quantitative estimate of drug-likeness (QED) is 0.700. The Morgan fingerprint density at radius 3 is 2.42 bits per heavy atom. The van der Waals surface area contributed by atoms with Gasteiger partial charge in [0.25, 0.3) is 0 Å². The number of nitrogens with one attached hydrogen (secondary N) is 2. The van der Waals surface area contributed by atoms with E-state index in [0.717, 1.165) is 37.4 Å². The fraction of sp³-hybridized carbons (Fsp3) is 0.682. The number of hydrogen-bond acceptors (Lipinski definition) is 2. The zero-order valence-corrected chi connectivity index (χ0v) is 17.1. The molecular weight excluding hydrogens is 322 g/mol. The van der Waals surface area contributed by atoms with Gasteiger partial charge < -0.3 is 15.5 Å². The Morgan fingerprint density at radius 2 is 1.81 bits per heavy atom. The SMILES string of the molecule is CC1CCN(CCCCNC(=O)NC(c2ccccc2)C(C)(C)C)CC1. The summed E-state index contributed by atoms with van der Waals surface area (Å²) in [5.74, 6) is 0.886. The van der Waals surface area contributed by atoms with Gasteiger partial charge in [-0.1, -0.05) is 58.0 Å². The summed E-state index contributed by atoms with van der Waals surface area (Å²) in [6.07, 6.45) is 4.84. The molecule has 0 aliphatic carbocycles. The van der Waals surface area contributed by atoms with Crippen molar-refractivity contribution in [1.29, 1.82) is 0 Å². The molecule has 0 bridgehead atoms. The maximum absolute atomic E-state index is 12.3. The van der Waals surface area contributed by atoms with Crippen LogP contribution in [0.4, 0.5) is 4.79 Å². The number of amides is 2. The van der Waals surface area contributed by atoms with Gasteiger partial charge in [0.05, 0.1) is 6.04 Å². The smallest absolute Gasteiger partial charge is 0.315 e. The zero-order valence-electron chi connectivity index (χ0n) is 17.1. The summed E-state index contributed by atoms with van der Waals surface area (Å²) >= 11 is 0. The van der Waals surface area contributed by atoms with Crippen LogP contribution in [0.5, 0.6) is 0 Å². The molecule has 2 rings (SSSR count). The standard InChI is InChI=1S/C22H37N3O/c1-18-12-16-25(17-13-18)15-9-8-14-23-21(26)24-20(22(2,3)4)19-10-6-5-7-11-19/h5-7,10-11,18,20H,8-9,12-17H2,1-4H3,(H2,23,24,26). The maximum Gasteiger partial charge on any atom is 0.315 e. The van der Waals surface area contributed by atoms with Crippen LogP contribution in [0.1, 0.15) is 65.0 Å². The molecule has 1 fully saturated rings. The fourth-order valence-electron chi connectivity index (χ4n) is 3.58. The first-order chi connectivity index (χ1) is 12.4. The third-order valence-corrected chi connectivity index (χ3v) is 5.34. The summed E-state index contributed by atoms with van der Waals surface area (Å²) in [6.45, 7) is 13.2. The van der Waals surface area contributed by atoms with Gasteiger partial charge in [-0.05, 0) is 62.2 Å². The zero-order chi connectivity index (χ0) is 19.0. The Morgan fingerprint density at radius 1 is 1.15 bits per heavy atom. The van der Waals surface area contributed by atoms with Crippen molar-refractivity contribution in [3.63, 3.8) is 0 Å². The molecule has 0 saturated carbocycles. The molecule has 4 heteroatoms. The lowest BCUT2D eigenvalue weighted by Crippen LogP contribution is -2.43. The molecule has 4 nitrogen and oxygen atoms in total. The number of likely N-dealkylation sites (tertiary alicyclic amines) is 1. The van der Waals surface area contributed by atoms with Crippen LogP contribution < -0.4 is 10.6 Å². The lowest BCUT2D eigenvalue weighted by molar-refractivity contribution is 0.189.